The summed E-state index contributed by atoms with van der Waals surface area (Å²) >= 11 is 0. The van der Waals surface area contributed by atoms with Gasteiger partial charge in [0, 0.05) is 20.0 Å². The van der Waals surface area contributed by atoms with Crippen LogP contribution in [0.25, 0.3) is 0 Å². The summed E-state index contributed by atoms with van der Waals surface area (Å²) in [4.78, 5) is 13.2. The van der Waals surface area contributed by atoms with Crippen molar-refractivity contribution in [3.8, 4) is 0 Å². The van der Waals surface area contributed by atoms with Gasteiger partial charge in [-0.05, 0) is 30.6 Å². The molecule has 0 aromatic carbocycles. The van der Waals surface area contributed by atoms with Gasteiger partial charge in [0.1, 0.15) is 0 Å². The predicted molar refractivity (Wildman–Crippen MR) is 59.1 cm³/mol. The molecule has 0 radical (unpaired) electrons. The molecule has 1 aliphatic rings. The standard InChI is InChI=1S/C12H23NO/c1-10(14)13-7-5-6-11(9-13)8-12(2,3)4/h11H,5-9H2,1-4H3/t11-/m0/s1. The van der Waals surface area contributed by atoms with Gasteiger partial charge in [-0.15, -0.1) is 0 Å². The lowest BCUT2D eigenvalue weighted by molar-refractivity contribution is -0.130. The molecule has 0 spiro atoms. The number of hydrogen-bond acceptors (Lipinski definition) is 1. The largest absolute Gasteiger partial charge is 0.343 e. The Balaban J connectivity index is 2.44. The molecule has 1 saturated heterocycles. The molecule has 0 saturated carbocycles. The first-order valence-electron chi connectivity index (χ1n) is 5.64. The highest BCUT2D eigenvalue weighted by atomic mass is 16.2. The molecule has 1 aliphatic heterocycles. The number of piperidine rings is 1. The van der Waals surface area contributed by atoms with Crippen molar-refractivity contribution in [2.24, 2.45) is 11.3 Å². The van der Waals surface area contributed by atoms with E-state index in [9.17, 15) is 4.79 Å². The van der Waals surface area contributed by atoms with Gasteiger partial charge in [0.2, 0.25) is 5.91 Å². The zero-order valence-corrected chi connectivity index (χ0v) is 9.97. The molecule has 1 amide bonds. The minimum absolute atomic E-state index is 0.239. The number of carbonyl (C=O) groups is 1. The molecule has 82 valence electrons. The second-order valence-electron chi connectivity index (χ2n) is 5.74. The van der Waals surface area contributed by atoms with Gasteiger partial charge in [0.25, 0.3) is 0 Å². The van der Waals surface area contributed by atoms with Gasteiger partial charge in [-0.1, -0.05) is 20.8 Å². The molecule has 1 atom stereocenters. The Bertz CT molecular complexity index is 205. The minimum atomic E-state index is 0.239. The van der Waals surface area contributed by atoms with Crippen LogP contribution in [0.3, 0.4) is 0 Å². The van der Waals surface area contributed by atoms with E-state index in [1.54, 1.807) is 6.92 Å². The SMILES string of the molecule is CC(=O)N1CCC[C@@H](CC(C)(C)C)C1. The van der Waals surface area contributed by atoms with Gasteiger partial charge >= 0.3 is 0 Å². The molecule has 14 heavy (non-hydrogen) atoms. The number of carbonyl (C=O) groups excluding carboxylic acids is 1. The van der Waals surface area contributed by atoms with Crippen LogP contribution in [-0.4, -0.2) is 23.9 Å². The van der Waals surface area contributed by atoms with E-state index in [0.717, 1.165) is 13.1 Å². The fourth-order valence-corrected chi connectivity index (χ4v) is 2.38. The number of hydrogen-bond donors (Lipinski definition) is 0. The Morgan fingerprint density at radius 3 is 2.57 bits per heavy atom. The van der Waals surface area contributed by atoms with E-state index < -0.39 is 0 Å². The molecule has 1 rings (SSSR count). The van der Waals surface area contributed by atoms with E-state index in [2.05, 4.69) is 20.8 Å². The van der Waals surface area contributed by atoms with Crippen molar-refractivity contribution in [2.45, 2.75) is 47.0 Å². The lowest BCUT2D eigenvalue weighted by Crippen LogP contribution is -2.39. The van der Waals surface area contributed by atoms with Gasteiger partial charge in [0.15, 0.2) is 0 Å². The first-order valence-corrected chi connectivity index (χ1v) is 5.64. The fraction of sp³-hybridized carbons (Fsp3) is 0.917. The van der Waals surface area contributed by atoms with Crippen LogP contribution in [0.15, 0.2) is 0 Å². The summed E-state index contributed by atoms with van der Waals surface area (Å²) in [5.74, 6) is 0.955. The van der Waals surface area contributed by atoms with E-state index in [1.165, 1.54) is 19.3 Å². The van der Waals surface area contributed by atoms with Crippen LogP contribution in [0.2, 0.25) is 0 Å². The molecule has 1 heterocycles. The Kier molecular flexibility index (Phi) is 3.57. The highest BCUT2D eigenvalue weighted by Crippen LogP contribution is 2.29. The summed E-state index contributed by atoms with van der Waals surface area (Å²) in [5, 5.41) is 0. The van der Waals surface area contributed by atoms with Crippen LogP contribution >= 0.6 is 0 Å². The molecule has 0 aromatic rings. The highest BCUT2D eigenvalue weighted by molar-refractivity contribution is 5.73. The first kappa shape index (κ1) is 11.5. The van der Waals surface area contributed by atoms with E-state index >= 15 is 0 Å². The normalized spacial score (nSPS) is 23.7. The number of nitrogens with zero attached hydrogens (tertiary/aromatic N) is 1. The van der Waals surface area contributed by atoms with Crippen LogP contribution in [0.1, 0.15) is 47.0 Å². The van der Waals surface area contributed by atoms with E-state index in [1.807, 2.05) is 4.90 Å². The summed E-state index contributed by atoms with van der Waals surface area (Å²) in [6, 6.07) is 0. The third-order valence-corrected chi connectivity index (χ3v) is 2.87. The number of likely N-dealkylation sites (tertiary alicyclic amines) is 1. The van der Waals surface area contributed by atoms with Crippen molar-refractivity contribution >= 4 is 5.91 Å². The third-order valence-electron chi connectivity index (χ3n) is 2.87. The third kappa shape index (κ3) is 3.69. The summed E-state index contributed by atoms with van der Waals surface area (Å²) in [6.45, 7) is 10.5. The average molecular weight is 197 g/mol. The zero-order valence-electron chi connectivity index (χ0n) is 9.97. The average Bonchev–Trinajstić information content (AvgIpc) is 2.01. The molecule has 0 aliphatic carbocycles. The van der Waals surface area contributed by atoms with Gasteiger partial charge < -0.3 is 4.90 Å². The van der Waals surface area contributed by atoms with Crippen molar-refractivity contribution in [2.75, 3.05) is 13.1 Å². The maximum Gasteiger partial charge on any atom is 0.219 e. The Hall–Kier alpha value is -0.530. The van der Waals surface area contributed by atoms with Gasteiger partial charge in [-0.25, -0.2) is 0 Å². The van der Waals surface area contributed by atoms with Crippen LogP contribution in [0.5, 0.6) is 0 Å². The number of rotatable bonds is 1. The van der Waals surface area contributed by atoms with Gasteiger partial charge in [-0.3, -0.25) is 4.79 Å². The lowest BCUT2D eigenvalue weighted by atomic mass is 9.81. The van der Waals surface area contributed by atoms with Crippen LogP contribution in [0.4, 0.5) is 0 Å². The fourth-order valence-electron chi connectivity index (χ4n) is 2.38. The molecular weight excluding hydrogens is 174 g/mol. The second-order valence-corrected chi connectivity index (χ2v) is 5.74. The topological polar surface area (TPSA) is 20.3 Å². The molecular formula is C12H23NO. The minimum Gasteiger partial charge on any atom is -0.343 e. The predicted octanol–water partition coefficient (Wildman–Crippen LogP) is 2.68. The van der Waals surface area contributed by atoms with E-state index in [0.29, 0.717) is 11.3 Å². The maximum absolute atomic E-state index is 11.2. The number of amides is 1. The molecule has 0 unspecified atom stereocenters. The Labute approximate surface area is 87.7 Å². The molecule has 2 nitrogen and oxygen atoms in total. The van der Waals surface area contributed by atoms with E-state index in [4.69, 9.17) is 0 Å². The maximum atomic E-state index is 11.2. The Morgan fingerprint density at radius 2 is 2.07 bits per heavy atom. The van der Waals surface area contributed by atoms with Crippen molar-refractivity contribution in [1.29, 1.82) is 0 Å². The van der Waals surface area contributed by atoms with Crippen LogP contribution in [-0.2, 0) is 4.79 Å². The highest BCUT2D eigenvalue weighted by Gasteiger charge is 2.25. The molecule has 0 aromatic heterocycles. The van der Waals surface area contributed by atoms with Crippen molar-refractivity contribution in [3.63, 3.8) is 0 Å². The summed E-state index contributed by atoms with van der Waals surface area (Å²) in [5.41, 5.74) is 0.393. The molecule has 0 bridgehead atoms. The van der Waals surface area contributed by atoms with Gasteiger partial charge in [-0.2, -0.15) is 0 Å². The Morgan fingerprint density at radius 1 is 1.43 bits per heavy atom. The summed E-state index contributed by atoms with van der Waals surface area (Å²) in [6.07, 6.45) is 3.71. The first-order chi connectivity index (χ1) is 6.38. The van der Waals surface area contributed by atoms with Crippen LogP contribution in [0, 0.1) is 11.3 Å². The van der Waals surface area contributed by atoms with E-state index in [-0.39, 0.29) is 5.91 Å². The smallest absolute Gasteiger partial charge is 0.219 e. The molecule has 2 heteroatoms. The summed E-state index contributed by atoms with van der Waals surface area (Å²) in [7, 11) is 0. The van der Waals surface area contributed by atoms with Crippen molar-refractivity contribution in [3.05, 3.63) is 0 Å². The van der Waals surface area contributed by atoms with Crippen molar-refractivity contribution in [1.82, 2.24) is 4.90 Å². The second kappa shape index (κ2) is 4.33. The monoisotopic (exact) mass is 197 g/mol. The quantitative estimate of drug-likeness (QED) is 0.633. The van der Waals surface area contributed by atoms with Gasteiger partial charge in [0.05, 0.1) is 0 Å². The molecule has 1 fully saturated rings. The lowest BCUT2D eigenvalue weighted by Gasteiger charge is -2.35. The molecule has 0 N–H and O–H groups in total. The summed E-state index contributed by atoms with van der Waals surface area (Å²) < 4.78 is 0. The van der Waals surface area contributed by atoms with Crippen molar-refractivity contribution < 1.29 is 4.79 Å². The van der Waals surface area contributed by atoms with Crippen LogP contribution < -0.4 is 0 Å². The zero-order chi connectivity index (χ0) is 10.8.